The second kappa shape index (κ2) is 9.47. The topological polar surface area (TPSA) is 124 Å². The number of aromatic nitrogens is 2. The summed E-state index contributed by atoms with van der Waals surface area (Å²) in [4.78, 5) is 42.3. The van der Waals surface area contributed by atoms with E-state index >= 15 is 0 Å². The monoisotopic (exact) mass is 429 g/mol. The molecule has 2 N–H and O–H groups in total. The molecule has 11 heteroatoms. The molecule has 1 aromatic heterocycles. The molecule has 2 aromatic rings. The lowest BCUT2D eigenvalue weighted by atomic mass is 10.1. The smallest absolute Gasteiger partial charge is 0.309 e. The molecule has 3 amide bonds. The number of rotatable bonds is 7. The van der Waals surface area contributed by atoms with Gasteiger partial charge in [0.15, 0.2) is 11.5 Å². The molecule has 2 aliphatic heterocycles. The van der Waals surface area contributed by atoms with Crippen LogP contribution in [0.15, 0.2) is 36.9 Å². The highest BCUT2D eigenvalue weighted by atomic mass is 16.7. The summed E-state index contributed by atoms with van der Waals surface area (Å²) in [6.07, 6.45) is 5.20. The Hall–Kier alpha value is -3.60. The van der Waals surface area contributed by atoms with E-state index in [1.165, 1.54) is 4.90 Å². The fourth-order valence-corrected chi connectivity index (χ4v) is 3.34. The highest BCUT2D eigenvalue weighted by Crippen LogP contribution is 2.33. The molecule has 4 rings (SSSR count). The third-order valence-corrected chi connectivity index (χ3v) is 4.95. The van der Waals surface area contributed by atoms with Crippen molar-refractivity contribution in [3.8, 4) is 11.5 Å². The first-order valence-corrected chi connectivity index (χ1v) is 9.96. The van der Waals surface area contributed by atoms with Crippen LogP contribution in [-0.2, 0) is 20.9 Å². The Morgan fingerprint density at radius 1 is 1.13 bits per heavy atom. The van der Waals surface area contributed by atoms with Crippen molar-refractivity contribution in [2.45, 2.75) is 19.2 Å². The number of nitrogens with zero attached hydrogens (tertiary/aromatic N) is 3. The van der Waals surface area contributed by atoms with Crippen LogP contribution < -0.4 is 20.1 Å². The maximum Gasteiger partial charge on any atom is 0.309 e. The molecule has 31 heavy (non-hydrogen) atoms. The van der Waals surface area contributed by atoms with Crippen LogP contribution in [0.5, 0.6) is 11.5 Å². The van der Waals surface area contributed by atoms with Crippen LogP contribution in [0.2, 0.25) is 0 Å². The Morgan fingerprint density at radius 2 is 1.97 bits per heavy atom. The van der Waals surface area contributed by atoms with Gasteiger partial charge in [-0.15, -0.1) is 0 Å². The van der Waals surface area contributed by atoms with E-state index in [4.69, 9.17) is 14.2 Å². The Labute approximate surface area is 178 Å². The first kappa shape index (κ1) is 20.7. The first-order chi connectivity index (χ1) is 15.1. The zero-order valence-electron chi connectivity index (χ0n) is 16.8. The van der Waals surface area contributed by atoms with E-state index in [-0.39, 0.29) is 19.2 Å². The molecule has 1 saturated heterocycles. The fraction of sp³-hybridized carbons (Fsp3) is 0.400. The van der Waals surface area contributed by atoms with Crippen molar-refractivity contribution in [3.05, 3.63) is 42.5 Å². The largest absolute Gasteiger partial charge is 0.454 e. The van der Waals surface area contributed by atoms with Gasteiger partial charge in [0.1, 0.15) is 6.23 Å². The number of benzene rings is 1. The molecule has 1 fully saturated rings. The van der Waals surface area contributed by atoms with Crippen LogP contribution in [-0.4, -0.2) is 71.4 Å². The third-order valence-electron chi connectivity index (χ3n) is 4.95. The lowest BCUT2D eigenvalue weighted by Gasteiger charge is -2.23. The molecule has 3 heterocycles. The van der Waals surface area contributed by atoms with E-state index in [0.717, 1.165) is 0 Å². The van der Waals surface area contributed by atoms with E-state index in [1.807, 2.05) is 10.8 Å². The molecule has 1 atom stereocenters. The quantitative estimate of drug-likeness (QED) is 0.459. The molecule has 1 unspecified atom stereocenters. The van der Waals surface area contributed by atoms with Crippen molar-refractivity contribution in [1.82, 2.24) is 25.1 Å². The van der Waals surface area contributed by atoms with Gasteiger partial charge in [-0.2, -0.15) is 0 Å². The Bertz CT molecular complexity index is 948. The molecule has 2 aliphatic rings. The summed E-state index contributed by atoms with van der Waals surface area (Å²) in [6.45, 7) is 1.91. The number of hydrogen-bond donors (Lipinski definition) is 2. The summed E-state index contributed by atoms with van der Waals surface area (Å²) >= 11 is 0. The number of hydrogen-bond acceptors (Lipinski definition) is 7. The molecule has 0 radical (unpaired) electrons. The number of carbonyl (C=O) groups excluding carboxylic acids is 3. The molecule has 164 valence electrons. The van der Waals surface area contributed by atoms with Crippen LogP contribution in [0.4, 0.5) is 0 Å². The first-order valence-electron chi connectivity index (χ1n) is 9.96. The van der Waals surface area contributed by atoms with Gasteiger partial charge in [0, 0.05) is 37.6 Å². The Kier molecular flexibility index (Phi) is 6.32. The molecular formula is C20H23N5O6. The van der Waals surface area contributed by atoms with E-state index in [2.05, 4.69) is 15.6 Å². The lowest BCUT2D eigenvalue weighted by Crippen LogP contribution is -2.47. The normalized spacial score (nSPS) is 16.9. The van der Waals surface area contributed by atoms with Crippen LogP contribution in [0.1, 0.15) is 16.8 Å². The van der Waals surface area contributed by atoms with Crippen LogP contribution >= 0.6 is 0 Å². The number of aryl methyl sites for hydroxylation is 1. The van der Waals surface area contributed by atoms with Gasteiger partial charge in [-0.3, -0.25) is 14.4 Å². The lowest BCUT2D eigenvalue weighted by molar-refractivity contribution is -0.139. The van der Waals surface area contributed by atoms with Gasteiger partial charge in [-0.05, 0) is 24.6 Å². The zero-order valence-corrected chi connectivity index (χ0v) is 16.8. The highest BCUT2D eigenvalue weighted by molar-refractivity contribution is 6.35. The van der Waals surface area contributed by atoms with Gasteiger partial charge in [0.25, 0.3) is 5.91 Å². The van der Waals surface area contributed by atoms with Crippen molar-refractivity contribution in [2.24, 2.45) is 0 Å². The van der Waals surface area contributed by atoms with E-state index in [1.54, 1.807) is 30.7 Å². The summed E-state index contributed by atoms with van der Waals surface area (Å²) in [6, 6.07) is 4.96. The van der Waals surface area contributed by atoms with Gasteiger partial charge in [-0.25, -0.2) is 4.98 Å². The summed E-state index contributed by atoms with van der Waals surface area (Å²) in [5, 5.41) is 5.10. The molecule has 0 bridgehead atoms. The summed E-state index contributed by atoms with van der Waals surface area (Å²) in [7, 11) is 0. The number of carbonyl (C=O) groups is 3. The number of nitrogens with one attached hydrogen (secondary N) is 2. The fourth-order valence-electron chi connectivity index (χ4n) is 3.34. The van der Waals surface area contributed by atoms with E-state index in [0.29, 0.717) is 49.7 Å². The minimum atomic E-state index is -0.770. The average Bonchev–Trinajstić information content (AvgIpc) is 3.55. The van der Waals surface area contributed by atoms with Crippen LogP contribution in [0, 0.1) is 0 Å². The van der Waals surface area contributed by atoms with Gasteiger partial charge in [0.05, 0.1) is 19.5 Å². The maximum absolute atomic E-state index is 12.9. The third kappa shape index (κ3) is 4.94. The predicted octanol–water partition coefficient (Wildman–Crippen LogP) is -0.267. The minimum Gasteiger partial charge on any atom is -0.454 e. The number of imidazole rings is 1. The van der Waals surface area contributed by atoms with Crippen molar-refractivity contribution in [2.75, 3.05) is 33.0 Å². The summed E-state index contributed by atoms with van der Waals surface area (Å²) < 4.78 is 18.0. The van der Waals surface area contributed by atoms with Crippen LogP contribution in [0.25, 0.3) is 0 Å². The second-order valence-electron chi connectivity index (χ2n) is 7.01. The molecule has 1 aromatic carbocycles. The Balaban J connectivity index is 1.23. The van der Waals surface area contributed by atoms with E-state index < -0.39 is 18.0 Å². The van der Waals surface area contributed by atoms with Crippen molar-refractivity contribution in [1.29, 1.82) is 0 Å². The predicted molar refractivity (Wildman–Crippen MR) is 106 cm³/mol. The summed E-state index contributed by atoms with van der Waals surface area (Å²) in [5.41, 5.74) is 0.432. The highest BCUT2D eigenvalue weighted by Gasteiger charge is 2.32. The van der Waals surface area contributed by atoms with Crippen molar-refractivity contribution < 1.29 is 28.6 Å². The second-order valence-corrected chi connectivity index (χ2v) is 7.01. The van der Waals surface area contributed by atoms with Crippen LogP contribution in [0.3, 0.4) is 0 Å². The Morgan fingerprint density at radius 3 is 2.81 bits per heavy atom. The number of ether oxygens (including phenoxy) is 3. The van der Waals surface area contributed by atoms with E-state index in [9.17, 15) is 14.4 Å². The number of amides is 3. The maximum atomic E-state index is 12.9. The molecule has 0 aliphatic carbocycles. The minimum absolute atomic E-state index is 0.0115. The summed E-state index contributed by atoms with van der Waals surface area (Å²) in [5.74, 6) is -0.639. The molecule has 0 saturated carbocycles. The standard InChI is InChI=1S/C20H23N5O6/c26-18(22-4-1-6-24-7-5-21-12-24)19(27)23-11-17-25(8-9-29-17)20(28)14-2-3-15-16(10-14)31-13-30-15/h2-3,5,7,10,12,17H,1,4,6,8-9,11,13H2,(H,22,26)(H,23,27). The number of fused-ring (bicyclic) bond motifs is 1. The molecular weight excluding hydrogens is 406 g/mol. The molecule has 0 spiro atoms. The van der Waals surface area contributed by atoms with Gasteiger partial charge in [0.2, 0.25) is 6.79 Å². The van der Waals surface area contributed by atoms with Crippen molar-refractivity contribution in [3.63, 3.8) is 0 Å². The zero-order chi connectivity index (χ0) is 21.6. The SMILES string of the molecule is O=C(NCCCn1ccnc1)C(=O)NCC1OCCN1C(=O)c1ccc2c(c1)OCO2. The van der Waals surface area contributed by atoms with Gasteiger partial charge >= 0.3 is 11.8 Å². The average molecular weight is 429 g/mol. The van der Waals surface area contributed by atoms with Crippen molar-refractivity contribution >= 4 is 17.7 Å². The molecule has 11 nitrogen and oxygen atoms in total. The van der Waals surface area contributed by atoms with Gasteiger partial charge < -0.3 is 34.3 Å². The van der Waals surface area contributed by atoms with Gasteiger partial charge in [-0.1, -0.05) is 0 Å².